The molecule has 0 radical (unpaired) electrons. The van der Waals surface area contributed by atoms with E-state index in [9.17, 15) is 14.4 Å². The lowest BCUT2D eigenvalue weighted by Gasteiger charge is -2.04. The second-order valence-electron chi connectivity index (χ2n) is 6.33. The van der Waals surface area contributed by atoms with E-state index in [-0.39, 0.29) is 16.9 Å². The number of aromatic nitrogens is 4. The maximum atomic E-state index is 11.6. The topological polar surface area (TPSA) is 175 Å². The Hall–Kier alpha value is -4.03. The highest BCUT2D eigenvalue weighted by atomic mass is 35.5. The normalized spacial score (nSPS) is 10.6. The van der Waals surface area contributed by atoms with E-state index in [0.29, 0.717) is 12.4 Å². The van der Waals surface area contributed by atoms with Gasteiger partial charge in [0, 0.05) is 19.5 Å². The largest absolute Gasteiger partial charge is 0.477 e. The molecule has 0 aliphatic carbocycles. The summed E-state index contributed by atoms with van der Waals surface area (Å²) in [4.78, 5) is 44.2. The van der Waals surface area contributed by atoms with Gasteiger partial charge in [-0.2, -0.15) is 5.10 Å². The van der Waals surface area contributed by atoms with Gasteiger partial charge in [-0.1, -0.05) is 6.07 Å². The van der Waals surface area contributed by atoms with Crippen LogP contribution in [0.25, 0.3) is 16.7 Å². The molecule has 0 bridgehead atoms. The minimum atomic E-state index is -1.36. The van der Waals surface area contributed by atoms with Crippen molar-refractivity contribution in [1.29, 1.82) is 0 Å². The van der Waals surface area contributed by atoms with Crippen molar-refractivity contribution in [1.82, 2.24) is 24.4 Å². The van der Waals surface area contributed by atoms with Gasteiger partial charge in [-0.25, -0.2) is 28.9 Å². The molecule has 4 aromatic rings. The molecule has 0 saturated carbocycles. The lowest BCUT2D eigenvalue weighted by molar-refractivity contribution is 0.0590. The van der Waals surface area contributed by atoms with Gasteiger partial charge in [0.15, 0.2) is 28.5 Å². The van der Waals surface area contributed by atoms with Gasteiger partial charge in [0.1, 0.15) is 11.1 Å². The van der Waals surface area contributed by atoms with E-state index in [4.69, 9.17) is 27.0 Å². The Bertz CT molecular complexity index is 1330. The maximum absolute atomic E-state index is 11.6. The third-order valence-electron chi connectivity index (χ3n) is 4.18. The molecule has 1 aromatic carbocycles. The summed E-state index contributed by atoms with van der Waals surface area (Å²) >= 11 is 5.40. The Morgan fingerprint density at radius 3 is 2.66 bits per heavy atom. The maximum Gasteiger partial charge on any atom is 0.356 e. The second kappa shape index (κ2) is 9.41. The first-order valence-corrected chi connectivity index (χ1v) is 9.32. The Balaban J connectivity index is 0.000000193. The van der Waals surface area contributed by atoms with Crippen LogP contribution >= 0.6 is 11.8 Å². The molecule has 166 valence electrons. The summed E-state index contributed by atoms with van der Waals surface area (Å²) in [5.41, 5.74) is 7.10. The number of hydrogen-bond acceptors (Lipinski definition) is 9. The number of halogens is 1. The first-order valence-electron chi connectivity index (χ1n) is 8.95. The summed E-state index contributed by atoms with van der Waals surface area (Å²) in [6, 6.07) is 6.82. The highest BCUT2D eigenvalue weighted by Gasteiger charge is 2.21. The number of carboxylic acids is 1. The fourth-order valence-corrected chi connectivity index (χ4v) is 2.93. The van der Waals surface area contributed by atoms with E-state index in [1.54, 1.807) is 0 Å². The molecule has 0 atom stereocenters. The molecule has 12 nitrogen and oxygen atoms in total. The molecule has 0 saturated heterocycles. The van der Waals surface area contributed by atoms with E-state index in [2.05, 4.69) is 24.6 Å². The number of benzene rings is 1. The zero-order valence-electron chi connectivity index (χ0n) is 16.8. The van der Waals surface area contributed by atoms with Gasteiger partial charge in [-0.15, -0.1) is 0 Å². The van der Waals surface area contributed by atoms with Gasteiger partial charge < -0.3 is 20.0 Å². The van der Waals surface area contributed by atoms with Crippen LogP contribution in [0.5, 0.6) is 0 Å². The number of aromatic carboxylic acids is 1. The molecular weight excluding hydrogens is 444 g/mol. The van der Waals surface area contributed by atoms with E-state index < -0.39 is 23.5 Å². The van der Waals surface area contributed by atoms with Crippen molar-refractivity contribution in [3.8, 4) is 0 Å². The number of esters is 1. The van der Waals surface area contributed by atoms with Gasteiger partial charge >= 0.3 is 11.9 Å². The predicted octanol–water partition coefficient (Wildman–Crippen LogP) is 1.69. The molecule has 3 aromatic heterocycles. The van der Waals surface area contributed by atoms with Crippen LogP contribution < -0.4 is 10.6 Å². The first kappa shape index (κ1) is 22.7. The summed E-state index contributed by atoms with van der Waals surface area (Å²) in [6.45, 7) is 2.46. The SMILES string of the molecule is COC(=O)c1cc(C(=O)O)nc2c(C(N)=O)cnn12.Cc1nc2cc(CNCl)ccc2o1. The van der Waals surface area contributed by atoms with Crippen LogP contribution in [0.4, 0.5) is 0 Å². The number of carbonyl (C=O) groups is 3. The van der Waals surface area contributed by atoms with Gasteiger partial charge in [0.2, 0.25) is 0 Å². The number of nitrogens with two attached hydrogens (primary N) is 1. The van der Waals surface area contributed by atoms with Crippen LogP contribution in [0.15, 0.2) is 34.9 Å². The van der Waals surface area contributed by atoms with Crippen LogP contribution in [0.2, 0.25) is 0 Å². The zero-order chi connectivity index (χ0) is 23.4. The number of aryl methyl sites for hydroxylation is 1. The Morgan fingerprint density at radius 2 is 2.03 bits per heavy atom. The van der Waals surface area contributed by atoms with Crippen molar-refractivity contribution in [2.75, 3.05) is 7.11 Å². The number of nitrogens with zero attached hydrogens (tertiary/aromatic N) is 4. The Morgan fingerprint density at radius 1 is 1.28 bits per heavy atom. The number of oxazole rings is 1. The summed E-state index contributed by atoms with van der Waals surface area (Å²) < 4.78 is 10.8. The number of carbonyl (C=O) groups excluding carboxylic acids is 2. The summed E-state index contributed by atoms with van der Waals surface area (Å²) in [7, 11) is 1.13. The molecule has 3 heterocycles. The van der Waals surface area contributed by atoms with Crippen LogP contribution in [-0.2, 0) is 11.3 Å². The summed E-state index contributed by atoms with van der Waals surface area (Å²) in [6.07, 6.45) is 1.10. The minimum Gasteiger partial charge on any atom is -0.477 e. The van der Waals surface area contributed by atoms with E-state index in [1.165, 1.54) is 0 Å². The number of carboxylic acid groups (broad SMARTS) is 1. The van der Waals surface area contributed by atoms with Crippen molar-refractivity contribution in [3.63, 3.8) is 0 Å². The Labute approximate surface area is 185 Å². The molecular formula is C19H17ClN6O6. The van der Waals surface area contributed by atoms with Crippen molar-refractivity contribution in [3.05, 3.63) is 58.9 Å². The van der Waals surface area contributed by atoms with Crippen LogP contribution in [0, 0.1) is 6.92 Å². The average molecular weight is 461 g/mol. The van der Waals surface area contributed by atoms with E-state index in [0.717, 1.165) is 40.6 Å². The van der Waals surface area contributed by atoms with Crippen molar-refractivity contribution >= 4 is 46.4 Å². The molecule has 1 amide bonds. The minimum absolute atomic E-state index is 0.0896. The second-order valence-corrected chi connectivity index (χ2v) is 6.59. The molecule has 0 fully saturated rings. The molecule has 0 spiro atoms. The number of hydrogen-bond donors (Lipinski definition) is 3. The standard InChI is InChI=1S/C10H8N4O5.C9H9ClN2O/c1-19-10(18)6-2-5(9(16)17)13-8-4(7(11)15)3-12-14(6)8;1-6-12-8-4-7(5-11-10)2-3-9(8)13-6/h2-3H,1H3,(H2,11,15)(H,16,17);2-4,11H,5H2,1H3. The number of nitrogens with one attached hydrogen (secondary N) is 1. The molecule has 4 rings (SSSR count). The van der Waals surface area contributed by atoms with Crippen LogP contribution in [0.3, 0.4) is 0 Å². The highest BCUT2D eigenvalue weighted by Crippen LogP contribution is 2.16. The molecule has 0 unspecified atom stereocenters. The van der Waals surface area contributed by atoms with Crippen molar-refractivity contribution < 1.29 is 28.6 Å². The number of methoxy groups -OCH3 is 1. The number of fused-ring (bicyclic) bond motifs is 2. The molecule has 13 heteroatoms. The lowest BCUT2D eigenvalue weighted by Crippen LogP contribution is -2.16. The molecule has 0 aliphatic rings. The van der Waals surface area contributed by atoms with Crippen molar-refractivity contribution in [2.45, 2.75) is 13.5 Å². The lowest BCUT2D eigenvalue weighted by atomic mass is 10.2. The zero-order valence-corrected chi connectivity index (χ0v) is 17.6. The monoisotopic (exact) mass is 460 g/mol. The van der Waals surface area contributed by atoms with Crippen molar-refractivity contribution in [2.24, 2.45) is 5.73 Å². The third-order valence-corrected chi connectivity index (χ3v) is 4.31. The van der Waals surface area contributed by atoms with E-state index in [1.807, 2.05) is 25.1 Å². The third kappa shape index (κ3) is 4.66. The first-order chi connectivity index (χ1) is 15.2. The van der Waals surface area contributed by atoms with Crippen LogP contribution in [-0.4, -0.2) is 49.6 Å². The molecule has 0 aliphatic heterocycles. The average Bonchev–Trinajstić information content (AvgIpc) is 3.35. The smallest absolute Gasteiger partial charge is 0.356 e. The number of rotatable bonds is 5. The number of primary amides is 1. The van der Waals surface area contributed by atoms with Gasteiger partial charge in [0.25, 0.3) is 5.91 Å². The Kier molecular flexibility index (Phi) is 6.66. The molecule has 32 heavy (non-hydrogen) atoms. The predicted molar refractivity (Wildman–Crippen MR) is 111 cm³/mol. The number of amides is 1. The van der Waals surface area contributed by atoms with Gasteiger partial charge in [-0.3, -0.25) is 4.79 Å². The fraction of sp³-hybridized carbons (Fsp3) is 0.158. The summed E-state index contributed by atoms with van der Waals surface area (Å²) in [5.74, 6) is -2.31. The molecule has 4 N–H and O–H groups in total. The van der Waals surface area contributed by atoms with Crippen LogP contribution in [0.1, 0.15) is 42.8 Å². The highest BCUT2D eigenvalue weighted by molar-refractivity contribution is 6.13. The number of ether oxygens (including phenoxy) is 1. The quantitative estimate of drug-likeness (QED) is 0.293. The summed E-state index contributed by atoms with van der Waals surface area (Å²) in [5, 5.41) is 12.7. The van der Waals surface area contributed by atoms with Gasteiger partial charge in [-0.05, 0) is 29.5 Å². The fourth-order valence-electron chi connectivity index (χ4n) is 2.77. The van der Waals surface area contributed by atoms with Gasteiger partial charge in [0.05, 0.1) is 13.3 Å². The van der Waals surface area contributed by atoms with E-state index >= 15 is 0 Å².